The van der Waals surface area contributed by atoms with Gasteiger partial charge < -0.3 is 20.5 Å². The van der Waals surface area contributed by atoms with Gasteiger partial charge in [-0.25, -0.2) is 4.79 Å². The van der Waals surface area contributed by atoms with Gasteiger partial charge in [-0.1, -0.05) is 99.3 Å². The van der Waals surface area contributed by atoms with E-state index in [1.165, 1.54) is 19.3 Å². The first kappa shape index (κ1) is 34.0. The number of rotatable bonds is 20. The molecule has 0 saturated carbocycles. The molecule has 240 valence electrons. The number of benzene rings is 4. The van der Waals surface area contributed by atoms with Crippen molar-refractivity contribution in [1.82, 2.24) is 0 Å². The molecule has 4 aromatic carbocycles. The molecule has 3 N–H and O–H groups in total. The summed E-state index contributed by atoms with van der Waals surface area (Å²) >= 11 is 0. The van der Waals surface area contributed by atoms with Crippen LogP contribution in [0.2, 0.25) is 0 Å². The lowest BCUT2D eigenvalue weighted by Crippen LogP contribution is -2.32. The van der Waals surface area contributed by atoms with Crippen LogP contribution in [0.4, 0.5) is 11.4 Å². The molecule has 46 heavy (non-hydrogen) atoms. The van der Waals surface area contributed by atoms with Gasteiger partial charge in [0.05, 0.1) is 6.61 Å². The molecule has 0 bridgehead atoms. The van der Waals surface area contributed by atoms with Gasteiger partial charge in [0.2, 0.25) is 0 Å². The second-order valence-electron chi connectivity index (χ2n) is 11.4. The zero-order valence-corrected chi connectivity index (χ0v) is 26.5. The maximum Gasteiger partial charge on any atom is 0.326 e. The summed E-state index contributed by atoms with van der Waals surface area (Å²) in [5.41, 5.74) is 3.87. The quantitative estimate of drug-likeness (QED) is 0.0673. The van der Waals surface area contributed by atoms with E-state index in [0.29, 0.717) is 42.1 Å². The van der Waals surface area contributed by atoms with Gasteiger partial charge in [-0.05, 0) is 54.8 Å². The molecule has 0 fully saturated rings. The van der Waals surface area contributed by atoms with Crippen LogP contribution in [0.1, 0.15) is 83.7 Å². The summed E-state index contributed by atoms with van der Waals surface area (Å²) in [5, 5.41) is 16.4. The molecule has 0 aliphatic carbocycles. The lowest BCUT2D eigenvalue weighted by Gasteiger charge is -2.18. The highest BCUT2D eigenvalue weighted by Crippen LogP contribution is 2.23. The van der Waals surface area contributed by atoms with Crippen LogP contribution in [0.25, 0.3) is 0 Å². The molecule has 0 aliphatic heterocycles. The van der Waals surface area contributed by atoms with Crippen molar-refractivity contribution in [1.29, 1.82) is 0 Å². The normalized spacial score (nSPS) is 11.4. The Hall–Kier alpha value is -4.91. The molecule has 4 rings (SSSR count). The van der Waals surface area contributed by atoms with Gasteiger partial charge >= 0.3 is 5.97 Å². The number of ether oxygens (including phenoxy) is 1. The minimum Gasteiger partial charge on any atom is -0.494 e. The minimum absolute atomic E-state index is 0.171. The van der Waals surface area contributed by atoms with Gasteiger partial charge in [0.25, 0.3) is 0 Å². The van der Waals surface area contributed by atoms with E-state index >= 15 is 0 Å². The number of hydrogen-bond acceptors (Lipinski definition) is 6. The highest BCUT2D eigenvalue weighted by atomic mass is 16.5. The Bertz CT molecular complexity index is 1550. The Morgan fingerprint density at radius 1 is 0.717 bits per heavy atom. The van der Waals surface area contributed by atoms with E-state index in [2.05, 4.69) is 17.6 Å². The van der Waals surface area contributed by atoms with E-state index in [9.17, 15) is 19.5 Å². The van der Waals surface area contributed by atoms with Gasteiger partial charge in [0.15, 0.2) is 11.6 Å². The number of aliphatic carboxylic acids is 1. The molecular formula is C39H44N2O5. The molecular weight excluding hydrogens is 576 g/mol. The molecule has 7 nitrogen and oxygen atoms in total. The monoisotopic (exact) mass is 620 g/mol. The van der Waals surface area contributed by atoms with Gasteiger partial charge in [-0.3, -0.25) is 9.59 Å². The van der Waals surface area contributed by atoms with Crippen molar-refractivity contribution in [3.05, 3.63) is 125 Å². The molecule has 0 saturated heterocycles. The van der Waals surface area contributed by atoms with E-state index in [1.807, 2.05) is 54.6 Å². The summed E-state index contributed by atoms with van der Waals surface area (Å²) in [6.45, 7) is 3.34. The van der Waals surface area contributed by atoms with Crippen LogP contribution < -0.4 is 15.4 Å². The van der Waals surface area contributed by atoms with Crippen LogP contribution in [0, 0.1) is 0 Å². The standard InChI is InChI=1S/C39H44N2O5/c1-2-3-4-5-9-21-37(42)32-17-10-12-19-34(32)40-26-14-27-46-31-24-22-29(23-25-31)28-36(39(44)45)41-35-20-13-11-18-33(35)38(43)30-15-7-6-8-16-30/h6-8,10-13,15-20,22-25,36,40-41H,2-5,9,14,21,26-28H2,1H3,(H,44,45). The molecule has 0 radical (unpaired) electrons. The van der Waals surface area contributed by atoms with Gasteiger partial charge in [-0.15, -0.1) is 0 Å². The second kappa shape index (κ2) is 18.2. The zero-order valence-electron chi connectivity index (χ0n) is 26.5. The van der Waals surface area contributed by atoms with Crippen molar-refractivity contribution in [2.75, 3.05) is 23.8 Å². The first-order valence-corrected chi connectivity index (χ1v) is 16.2. The van der Waals surface area contributed by atoms with E-state index in [0.717, 1.165) is 36.1 Å². The predicted molar refractivity (Wildman–Crippen MR) is 184 cm³/mol. The molecule has 4 aromatic rings. The average molecular weight is 621 g/mol. The number of hydrogen-bond donors (Lipinski definition) is 3. The van der Waals surface area contributed by atoms with Gasteiger partial charge in [-0.2, -0.15) is 0 Å². The summed E-state index contributed by atoms with van der Waals surface area (Å²) in [5.74, 6) is -0.303. The van der Waals surface area contributed by atoms with E-state index in [1.54, 1.807) is 48.5 Å². The first-order chi connectivity index (χ1) is 22.5. The third kappa shape index (κ3) is 10.3. The third-order valence-electron chi connectivity index (χ3n) is 7.84. The van der Waals surface area contributed by atoms with Crippen molar-refractivity contribution in [2.24, 2.45) is 0 Å². The Morgan fingerprint density at radius 3 is 2.09 bits per heavy atom. The Kier molecular flexibility index (Phi) is 13.4. The Labute approximate surface area is 272 Å². The lowest BCUT2D eigenvalue weighted by molar-refractivity contribution is -0.137. The lowest BCUT2D eigenvalue weighted by atomic mass is 10.00. The van der Waals surface area contributed by atoms with Gasteiger partial charge in [0.1, 0.15) is 11.8 Å². The summed E-state index contributed by atoms with van der Waals surface area (Å²) < 4.78 is 5.92. The number of carboxylic acid groups (broad SMARTS) is 1. The fourth-order valence-corrected chi connectivity index (χ4v) is 5.29. The Morgan fingerprint density at radius 2 is 1.37 bits per heavy atom. The maximum atomic E-state index is 13.1. The summed E-state index contributed by atoms with van der Waals surface area (Å²) in [7, 11) is 0. The van der Waals surface area contributed by atoms with E-state index in [-0.39, 0.29) is 18.0 Å². The Balaban J connectivity index is 1.25. The van der Waals surface area contributed by atoms with E-state index < -0.39 is 12.0 Å². The molecule has 7 heteroatoms. The first-order valence-electron chi connectivity index (χ1n) is 16.2. The topological polar surface area (TPSA) is 105 Å². The molecule has 0 aliphatic rings. The number of carbonyl (C=O) groups is 3. The van der Waals surface area contributed by atoms with Crippen molar-refractivity contribution < 1.29 is 24.2 Å². The summed E-state index contributed by atoms with van der Waals surface area (Å²) in [6, 6.07) is 30.0. The number of para-hydroxylation sites is 2. The number of ketones is 2. The van der Waals surface area contributed by atoms with Crippen LogP contribution in [0.5, 0.6) is 5.75 Å². The fraction of sp³-hybridized carbons (Fsp3) is 0.308. The molecule has 0 amide bonds. The van der Waals surface area contributed by atoms with Crippen LogP contribution in [-0.2, 0) is 11.2 Å². The molecule has 0 spiro atoms. The van der Waals surface area contributed by atoms with Crippen LogP contribution >= 0.6 is 0 Å². The van der Waals surface area contributed by atoms with Crippen molar-refractivity contribution in [2.45, 2.75) is 64.3 Å². The molecule has 0 aromatic heterocycles. The fourth-order valence-electron chi connectivity index (χ4n) is 5.29. The highest BCUT2D eigenvalue weighted by Gasteiger charge is 2.21. The number of anilines is 2. The van der Waals surface area contributed by atoms with Crippen molar-refractivity contribution in [3.8, 4) is 5.75 Å². The number of nitrogens with one attached hydrogen (secondary N) is 2. The second-order valence-corrected chi connectivity index (χ2v) is 11.4. The number of carbonyl (C=O) groups excluding carboxylic acids is 2. The average Bonchev–Trinajstić information content (AvgIpc) is 3.08. The zero-order chi connectivity index (χ0) is 32.6. The molecule has 0 heterocycles. The van der Waals surface area contributed by atoms with Gasteiger partial charge in [0, 0.05) is 47.5 Å². The number of Topliss-reactive ketones (excluding diaryl/α,β-unsaturated/α-hetero) is 1. The largest absolute Gasteiger partial charge is 0.494 e. The predicted octanol–water partition coefficient (Wildman–Crippen LogP) is 8.45. The third-order valence-corrected chi connectivity index (χ3v) is 7.84. The number of unbranched alkanes of at least 4 members (excludes halogenated alkanes) is 4. The van der Waals surface area contributed by atoms with Crippen LogP contribution in [0.15, 0.2) is 103 Å². The van der Waals surface area contributed by atoms with Crippen molar-refractivity contribution in [3.63, 3.8) is 0 Å². The van der Waals surface area contributed by atoms with Crippen LogP contribution in [-0.4, -0.2) is 41.8 Å². The summed E-state index contributed by atoms with van der Waals surface area (Å²) in [6.07, 6.45) is 7.16. The maximum absolute atomic E-state index is 13.1. The number of carboxylic acids is 1. The minimum atomic E-state index is -1.01. The summed E-state index contributed by atoms with van der Waals surface area (Å²) in [4.78, 5) is 38.0. The van der Waals surface area contributed by atoms with Crippen LogP contribution in [0.3, 0.4) is 0 Å². The smallest absolute Gasteiger partial charge is 0.326 e. The van der Waals surface area contributed by atoms with E-state index in [4.69, 9.17) is 4.74 Å². The molecule has 1 atom stereocenters. The SMILES string of the molecule is CCCCCCCC(=O)c1ccccc1NCCCOc1ccc(CC(Nc2ccccc2C(=O)c2ccccc2)C(=O)O)cc1. The van der Waals surface area contributed by atoms with Crippen molar-refractivity contribution >= 4 is 28.9 Å². The highest BCUT2D eigenvalue weighted by molar-refractivity contribution is 6.12. The molecule has 1 unspecified atom stereocenters.